The van der Waals surface area contributed by atoms with Gasteiger partial charge in [-0.05, 0) is 81.1 Å². The topological polar surface area (TPSA) is 64.6 Å². The molecule has 5 nitrogen and oxygen atoms in total. The van der Waals surface area contributed by atoms with Crippen molar-refractivity contribution in [3.8, 4) is 11.5 Å². The van der Waals surface area contributed by atoms with Gasteiger partial charge in [-0.2, -0.15) is 0 Å². The third-order valence-corrected chi connectivity index (χ3v) is 6.05. The van der Waals surface area contributed by atoms with Crippen LogP contribution in [0.15, 0.2) is 35.2 Å². The Kier molecular flexibility index (Phi) is 6.31. The standard InChI is InChI=1S/C20H27NO4S/c1-13-7-8-18(9-14(13)2)25-12-17(5)21-26(22,23)20-11-15(3)19(24-6)10-16(20)4/h7-11,17,21H,12H2,1-6H3/t17-/m0/s1. The van der Waals surface area contributed by atoms with Gasteiger partial charge in [-0.3, -0.25) is 0 Å². The molecule has 2 aromatic rings. The summed E-state index contributed by atoms with van der Waals surface area (Å²) in [4.78, 5) is 0.258. The van der Waals surface area contributed by atoms with Crippen molar-refractivity contribution in [2.45, 2.75) is 45.6 Å². The van der Waals surface area contributed by atoms with E-state index < -0.39 is 10.0 Å². The van der Waals surface area contributed by atoms with Gasteiger partial charge in [0, 0.05) is 0 Å². The molecule has 2 aromatic carbocycles. The van der Waals surface area contributed by atoms with Crippen LogP contribution < -0.4 is 14.2 Å². The van der Waals surface area contributed by atoms with E-state index in [0.29, 0.717) is 11.3 Å². The number of sulfonamides is 1. The molecule has 0 aromatic heterocycles. The quantitative estimate of drug-likeness (QED) is 0.799. The second kappa shape index (κ2) is 8.10. The molecular formula is C20H27NO4S. The lowest BCUT2D eigenvalue weighted by atomic mass is 10.1. The van der Waals surface area contributed by atoms with E-state index in [1.807, 2.05) is 39.0 Å². The van der Waals surface area contributed by atoms with E-state index in [4.69, 9.17) is 9.47 Å². The SMILES string of the molecule is COc1cc(C)c(S(=O)(=O)N[C@@H](C)COc2ccc(C)c(C)c2)cc1C. The summed E-state index contributed by atoms with van der Waals surface area (Å²) >= 11 is 0. The Hall–Kier alpha value is -2.05. The van der Waals surface area contributed by atoms with Crippen LogP contribution in [0.25, 0.3) is 0 Å². The number of hydrogen-bond donors (Lipinski definition) is 1. The fourth-order valence-electron chi connectivity index (χ4n) is 2.66. The molecule has 1 atom stereocenters. The van der Waals surface area contributed by atoms with Crippen LogP contribution in [-0.2, 0) is 10.0 Å². The Bertz CT molecular complexity index is 891. The lowest BCUT2D eigenvalue weighted by molar-refractivity contribution is 0.287. The Morgan fingerprint density at radius 3 is 2.27 bits per heavy atom. The summed E-state index contributed by atoms with van der Waals surface area (Å²) in [6, 6.07) is 8.83. The normalized spacial score (nSPS) is 12.7. The first-order chi connectivity index (χ1) is 12.1. The van der Waals surface area contributed by atoms with E-state index in [2.05, 4.69) is 4.72 Å². The van der Waals surface area contributed by atoms with Gasteiger partial charge in [-0.1, -0.05) is 6.07 Å². The molecule has 0 spiro atoms. The van der Waals surface area contributed by atoms with Gasteiger partial charge in [0.15, 0.2) is 0 Å². The lowest BCUT2D eigenvalue weighted by Gasteiger charge is -2.18. The molecular weight excluding hydrogens is 350 g/mol. The fourth-order valence-corrected chi connectivity index (χ4v) is 4.20. The summed E-state index contributed by atoms with van der Waals surface area (Å²) < 4.78 is 39.1. The molecule has 0 fully saturated rings. The molecule has 0 aliphatic carbocycles. The fraction of sp³-hybridized carbons (Fsp3) is 0.400. The molecule has 0 unspecified atom stereocenters. The molecule has 0 amide bonds. The van der Waals surface area contributed by atoms with Crippen molar-refractivity contribution in [1.29, 1.82) is 0 Å². The smallest absolute Gasteiger partial charge is 0.241 e. The Balaban J connectivity index is 2.08. The molecule has 26 heavy (non-hydrogen) atoms. The third-order valence-electron chi connectivity index (χ3n) is 4.32. The molecule has 0 bridgehead atoms. The predicted molar refractivity (Wildman–Crippen MR) is 104 cm³/mol. The number of aryl methyl sites for hydroxylation is 4. The highest BCUT2D eigenvalue weighted by Gasteiger charge is 2.21. The molecule has 0 aliphatic rings. The van der Waals surface area contributed by atoms with E-state index >= 15 is 0 Å². The number of nitrogens with one attached hydrogen (secondary N) is 1. The Morgan fingerprint density at radius 2 is 1.65 bits per heavy atom. The van der Waals surface area contributed by atoms with Crippen molar-refractivity contribution >= 4 is 10.0 Å². The summed E-state index contributed by atoms with van der Waals surface area (Å²) in [5, 5.41) is 0. The van der Waals surface area contributed by atoms with Gasteiger partial charge < -0.3 is 9.47 Å². The van der Waals surface area contributed by atoms with Crippen LogP contribution in [0, 0.1) is 27.7 Å². The van der Waals surface area contributed by atoms with Crippen molar-refractivity contribution in [2.24, 2.45) is 0 Å². The minimum atomic E-state index is -3.64. The molecule has 0 saturated heterocycles. The van der Waals surface area contributed by atoms with E-state index in [0.717, 1.165) is 16.9 Å². The van der Waals surface area contributed by atoms with Crippen molar-refractivity contribution in [3.05, 3.63) is 52.6 Å². The Morgan fingerprint density at radius 1 is 0.962 bits per heavy atom. The first kappa shape index (κ1) is 20.3. The predicted octanol–water partition coefficient (Wildman–Crippen LogP) is 3.67. The highest BCUT2D eigenvalue weighted by atomic mass is 32.2. The zero-order chi connectivity index (χ0) is 19.5. The Labute approximate surface area is 156 Å². The summed E-state index contributed by atoms with van der Waals surface area (Å²) in [6.07, 6.45) is 0. The second-order valence-corrected chi connectivity index (χ2v) is 8.35. The van der Waals surface area contributed by atoms with Crippen LogP contribution in [-0.4, -0.2) is 28.2 Å². The monoisotopic (exact) mass is 377 g/mol. The molecule has 142 valence electrons. The van der Waals surface area contributed by atoms with Crippen molar-refractivity contribution in [1.82, 2.24) is 4.72 Å². The van der Waals surface area contributed by atoms with Gasteiger partial charge in [0.25, 0.3) is 0 Å². The molecule has 1 N–H and O–H groups in total. The van der Waals surface area contributed by atoms with Crippen LogP contribution in [0.3, 0.4) is 0 Å². The second-order valence-electron chi connectivity index (χ2n) is 6.67. The third kappa shape index (κ3) is 4.77. The number of hydrogen-bond acceptors (Lipinski definition) is 4. The van der Waals surface area contributed by atoms with E-state index in [-0.39, 0.29) is 17.5 Å². The molecule has 6 heteroatoms. The van der Waals surface area contributed by atoms with Gasteiger partial charge in [0.2, 0.25) is 10.0 Å². The number of ether oxygens (including phenoxy) is 2. The van der Waals surface area contributed by atoms with Crippen LogP contribution in [0.5, 0.6) is 11.5 Å². The number of benzene rings is 2. The summed E-state index contributed by atoms with van der Waals surface area (Å²) in [5.74, 6) is 1.41. The average Bonchev–Trinajstić information content (AvgIpc) is 2.57. The van der Waals surface area contributed by atoms with Crippen LogP contribution in [0.2, 0.25) is 0 Å². The maximum atomic E-state index is 12.7. The first-order valence-corrected chi connectivity index (χ1v) is 10.00. The van der Waals surface area contributed by atoms with Gasteiger partial charge in [0.1, 0.15) is 18.1 Å². The van der Waals surface area contributed by atoms with Crippen molar-refractivity contribution in [2.75, 3.05) is 13.7 Å². The van der Waals surface area contributed by atoms with E-state index in [1.165, 1.54) is 5.56 Å². The minimum absolute atomic E-state index is 0.246. The largest absolute Gasteiger partial charge is 0.496 e. The number of methoxy groups -OCH3 is 1. The van der Waals surface area contributed by atoms with Gasteiger partial charge in [0.05, 0.1) is 18.0 Å². The maximum Gasteiger partial charge on any atom is 0.241 e. The van der Waals surface area contributed by atoms with Crippen molar-refractivity contribution < 1.29 is 17.9 Å². The zero-order valence-corrected chi connectivity index (χ0v) is 17.0. The van der Waals surface area contributed by atoms with Crippen LogP contribution in [0.4, 0.5) is 0 Å². The molecule has 2 rings (SSSR count). The zero-order valence-electron chi connectivity index (χ0n) is 16.2. The first-order valence-electron chi connectivity index (χ1n) is 8.51. The summed E-state index contributed by atoms with van der Waals surface area (Å²) in [6.45, 7) is 9.66. The van der Waals surface area contributed by atoms with Gasteiger partial charge in [-0.25, -0.2) is 13.1 Å². The molecule has 0 aliphatic heterocycles. The minimum Gasteiger partial charge on any atom is -0.496 e. The maximum absolute atomic E-state index is 12.7. The van der Waals surface area contributed by atoms with Crippen LogP contribution >= 0.6 is 0 Å². The summed E-state index contributed by atoms with van der Waals surface area (Å²) in [7, 11) is -2.07. The summed E-state index contributed by atoms with van der Waals surface area (Å²) in [5.41, 5.74) is 3.75. The van der Waals surface area contributed by atoms with E-state index in [9.17, 15) is 8.42 Å². The van der Waals surface area contributed by atoms with Gasteiger partial charge >= 0.3 is 0 Å². The molecule has 0 saturated carbocycles. The highest BCUT2D eigenvalue weighted by Crippen LogP contribution is 2.25. The molecule has 0 radical (unpaired) electrons. The van der Waals surface area contributed by atoms with Crippen molar-refractivity contribution in [3.63, 3.8) is 0 Å². The van der Waals surface area contributed by atoms with E-state index in [1.54, 1.807) is 33.1 Å². The highest BCUT2D eigenvalue weighted by molar-refractivity contribution is 7.89. The average molecular weight is 378 g/mol. The molecule has 0 heterocycles. The van der Waals surface area contributed by atoms with Gasteiger partial charge in [-0.15, -0.1) is 0 Å². The number of rotatable bonds is 7. The van der Waals surface area contributed by atoms with Crippen LogP contribution in [0.1, 0.15) is 29.2 Å². The lowest BCUT2D eigenvalue weighted by Crippen LogP contribution is -2.37.